The molecule has 0 unspecified atom stereocenters. The van der Waals surface area contributed by atoms with Crippen LogP contribution in [0.1, 0.15) is 41.4 Å². The molecule has 0 saturated heterocycles. The molecule has 0 aromatic heterocycles. The fourth-order valence-corrected chi connectivity index (χ4v) is 3.58. The van der Waals surface area contributed by atoms with E-state index in [1.165, 1.54) is 36.4 Å². The monoisotopic (exact) mass is 479 g/mol. The zero-order valence-corrected chi connectivity index (χ0v) is 17.9. The van der Waals surface area contributed by atoms with Gasteiger partial charge in [0, 0.05) is 12.1 Å². The molecule has 4 rings (SSSR count). The third kappa shape index (κ3) is 4.21. The van der Waals surface area contributed by atoms with Crippen LogP contribution in [0.3, 0.4) is 0 Å². The molecular formula is C23H14ClN3O7. The average molecular weight is 480 g/mol. The lowest BCUT2D eigenvalue weighted by Gasteiger charge is -2.15. The summed E-state index contributed by atoms with van der Waals surface area (Å²) < 4.78 is 5.17. The molecule has 0 spiro atoms. The number of nitro groups is 1. The van der Waals surface area contributed by atoms with Gasteiger partial charge >= 0.3 is 5.97 Å². The molecule has 170 valence electrons. The van der Waals surface area contributed by atoms with E-state index in [0.29, 0.717) is 0 Å². The maximum Gasteiger partial charge on any atom is 0.341 e. The van der Waals surface area contributed by atoms with Crippen LogP contribution in [0.15, 0.2) is 66.7 Å². The molecule has 0 atom stereocenters. The van der Waals surface area contributed by atoms with Crippen LogP contribution in [0.5, 0.6) is 0 Å². The number of nitrogens with zero attached hydrogens (tertiary/aromatic N) is 2. The van der Waals surface area contributed by atoms with Crippen LogP contribution >= 0.6 is 11.6 Å². The van der Waals surface area contributed by atoms with Crippen LogP contribution in [0, 0.1) is 10.1 Å². The Morgan fingerprint density at radius 3 is 2.18 bits per heavy atom. The van der Waals surface area contributed by atoms with E-state index in [1.807, 2.05) is 0 Å². The number of fused-ring (bicyclic) bond motifs is 1. The number of ether oxygens (including phenoxy) is 1. The van der Waals surface area contributed by atoms with E-state index in [9.17, 15) is 29.3 Å². The van der Waals surface area contributed by atoms with Gasteiger partial charge in [-0.1, -0.05) is 35.9 Å². The van der Waals surface area contributed by atoms with Crippen molar-refractivity contribution >= 4 is 46.7 Å². The van der Waals surface area contributed by atoms with Crippen LogP contribution in [0.4, 0.5) is 11.4 Å². The van der Waals surface area contributed by atoms with E-state index in [-0.39, 0.29) is 38.7 Å². The van der Waals surface area contributed by atoms with Crippen molar-refractivity contribution in [1.82, 2.24) is 4.90 Å². The summed E-state index contributed by atoms with van der Waals surface area (Å²) in [7, 11) is 0. The molecule has 0 fully saturated rings. The van der Waals surface area contributed by atoms with Crippen LogP contribution in [-0.2, 0) is 4.74 Å². The first-order chi connectivity index (χ1) is 16.3. The first-order valence-corrected chi connectivity index (χ1v) is 10.1. The second-order valence-electron chi connectivity index (χ2n) is 7.07. The summed E-state index contributed by atoms with van der Waals surface area (Å²) in [6.45, 7) is -0.609. The molecular weight excluding hydrogens is 466 g/mol. The number of halogens is 1. The summed E-state index contributed by atoms with van der Waals surface area (Å²) in [6.07, 6.45) is 0. The van der Waals surface area contributed by atoms with Crippen molar-refractivity contribution < 1.29 is 28.8 Å². The van der Waals surface area contributed by atoms with Gasteiger partial charge in [0.15, 0.2) is 6.73 Å². The van der Waals surface area contributed by atoms with Crippen molar-refractivity contribution in [3.05, 3.63) is 104 Å². The van der Waals surface area contributed by atoms with Gasteiger partial charge in [-0.2, -0.15) is 0 Å². The molecule has 0 aliphatic carbocycles. The smallest absolute Gasteiger partial charge is 0.341 e. The van der Waals surface area contributed by atoms with Crippen molar-refractivity contribution in [3.63, 3.8) is 0 Å². The lowest BCUT2D eigenvalue weighted by molar-refractivity contribution is -0.384. The van der Waals surface area contributed by atoms with Crippen molar-refractivity contribution in [2.75, 3.05) is 12.0 Å². The molecule has 1 heterocycles. The lowest BCUT2D eigenvalue weighted by Crippen LogP contribution is -2.33. The normalized spacial score (nSPS) is 12.3. The van der Waals surface area contributed by atoms with E-state index >= 15 is 0 Å². The molecule has 0 saturated carbocycles. The van der Waals surface area contributed by atoms with Crippen LogP contribution < -0.4 is 5.32 Å². The maximum atomic E-state index is 12.7. The van der Waals surface area contributed by atoms with Gasteiger partial charge in [-0.3, -0.25) is 24.5 Å². The minimum atomic E-state index is -0.887. The number of carbonyl (C=O) groups is 4. The molecule has 3 aromatic carbocycles. The van der Waals surface area contributed by atoms with Crippen molar-refractivity contribution in [3.8, 4) is 0 Å². The molecule has 0 radical (unpaired) electrons. The molecule has 1 aliphatic rings. The predicted octanol–water partition coefficient (Wildman–Crippen LogP) is 3.91. The fraction of sp³-hybridized carbons (Fsp3) is 0.0435. The van der Waals surface area contributed by atoms with Gasteiger partial charge in [0.1, 0.15) is 0 Å². The summed E-state index contributed by atoms with van der Waals surface area (Å²) in [4.78, 5) is 61.2. The highest BCUT2D eigenvalue weighted by atomic mass is 35.5. The summed E-state index contributed by atoms with van der Waals surface area (Å²) in [5.74, 6) is -2.76. The number of benzene rings is 3. The second kappa shape index (κ2) is 9.12. The Balaban J connectivity index is 1.48. The number of nitro benzene ring substituents is 1. The number of hydrogen-bond acceptors (Lipinski definition) is 7. The molecule has 11 heteroatoms. The van der Waals surface area contributed by atoms with Gasteiger partial charge in [-0.05, 0) is 30.3 Å². The minimum absolute atomic E-state index is 0.0366. The predicted molar refractivity (Wildman–Crippen MR) is 120 cm³/mol. The SMILES string of the molecule is O=C(Nc1ccccc1C(=O)OCN1C(=O)c2ccccc2C1=O)c1ccc([N+](=O)[O-])cc1Cl. The summed E-state index contributed by atoms with van der Waals surface area (Å²) in [5, 5.41) is 13.2. The largest absolute Gasteiger partial charge is 0.440 e. The van der Waals surface area contributed by atoms with E-state index < -0.39 is 35.3 Å². The minimum Gasteiger partial charge on any atom is -0.440 e. The molecule has 10 nitrogen and oxygen atoms in total. The molecule has 3 amide bonds. The Kier molecular flexibility index (Phi) is 6.07. The standard InChI is InChI=1S/C23H14ClN3O7/c24-18-11-13(27(32)33)9-10-16(18)20(28)25-19-8-4-3-7-17(19)23(31)34-12-26-21(29)14-5-1-2-6-15(14)22(26)30/h1-11H,12H2,(H,25,28). The van der Waals surface area contributed by atoms with E-state index in [4.69, 9.17) is 16.3 Å². The number of rotatable bonds is 6. The third-order valence-electron chi connectivity index (χ3n) is 5.01. The van der Waals surface area contributed by atoms with E-state index in [0.717, 1.165) is 17.0 Å². The number of amides is 3. The summed E-state index contributed by atoms with van der Waals surface area (Å²) in [5.41, 5.74) is 0.160. The van der Waals surface area contributed by atoms with Crippen molar-refractivity contribution in [2.24, 2.45) is 0 Å². The van der Waals surface area contributed by atoms with Gasteiger partial charge in [-0.15, -0.1) is 0 Å². The van der Waals surface area contributed by atoms with Crippen LogP contribution in [0.25, 0.3) is 0 Å². The van der Waals surface area contributed by atoms with Crippen molar-refractivity contribution in [1.29, 1.82) is 0 Å². The van der Waals surface area contributed by atoms with E-state index in [2.05, 4.69) is 5.32 Å². The highest BCUT2D eigenvalue weighted by Crippen LogP contribution is 2.25. The summed E-state index contributed by atoms with van der Waals surface area (Å²) >= 11 is 6.00. The van der Waals surface area contributed by atoms with Gasteiger partial charge < -0.3 is 10.1 Å². The number of esters is 1. The van der Waals surface area contributed by atoms with Gasteiger partial charge in [0.25, 0.3) is 23.4 Å². The molecule has 3 aromatic rings. The Morgan fingerprint density at radius 1 is 0.941 bits per heavy atom. The van der Waals surface area contributed by atoms with Crippen molar-refractivity contribution in [2.45, 2.75) is 0 Å². The number of nitrogens with one attached hydrogen (secondary N) is 1. The number of imide groups is 1. The zero-order chi connectivity index (χ0) is 24.4. The van der Waals surface area contributed by atoms with Gasteiger partial charge in [0.2, 0.25) is 0 Å². The fourth-order valence-electron chi connectivity index (χ4n) is 3.32. The average Bonchev–Trinajstić information content (AvgIpc) is 3.07. The highest BCUT2D eigenvalue weighted by molar-refractivity contribution is 6.34. The lowest BCUT2D eigenvalue weighted by atomic mass is 10.1. The Hall–Kier alpha value is -4.57. The van der Waals surface area contributed by atoms with Crippen LogP contribution in [-0.4, -0.2) is 40.2 Å². The summed E-state index contributed by atoms with van der Waals surface area (Å²) in [6, 6.07) is 15.5. The number of para-hydroxylation sites is 1. The number of carbonyl (C=O) groups excluding carboxylic acids is 4. The zero-order valence-electron chi connectivity index (χ0n) is 17.2. The number of hydrogen-bond donors (Lipinski definition) is 1. The Bertz CT molecular complexity index is 1340. The van der Waals surface area contributed by atoms with Gasteiger partial charge in [0.05, 0.1) is 37.9 Å². The molecule has 0 bridgehead atoms. The van der Waals surface area contributed by atoms with Gasteiger partial charge in [-0.25, -0.2) is 9.69 Å². The highest BCUT2D eigenvalue weighted by Gasteiger charge is 2.36. The Morgan fingerprint density at radius 2 is 1.56 bits per heavy atom. The molecule has 1 aliphatic heterocycles. The van der Waals surface area contributed by atoms with Crippen LogP contribution in [0.2, 0.25) is 5.02 Å². The molecule has 1 N–H and O–H groups in total. The third-order valence-corrected chi connectivity index (χ3v) is 5.32. The Labute approximate surface area is 196 Å². The quantitative estimate of drug-likeness (QED) is 0.245. The second-order valence-corrected chi connectivity index (χ2v) is 7.47. The first kappa shape index (κ1) is 22.6. The first-order valence-electron chi connectivity index (χ1n) is 9.74. The number of non-ortho nitro benzene ring substituents is 1. The molecule has 34 heavy (non-hydrogen) atoms. The topological polar surface area (TPSA) is 136 Å². The number of anilines is 1. The maximum absolute atomic E-state index is 12.7. The van der Waals surface area contributed by atoms with E-state index in [1.54, 1.807) is 18.2 Å².